The fourth-order valence-corrected chi connectivity index (χ4v) is 0.363. The highest BCUT2D eigenvalue weighted by atomic mass is 16.7. The van der Waals surface area contributed by atoms with Crippen LogP contribution in [0.15, 0.2) is 0 Å². The zero-order valence-corrected chi connectivity index (χ0v) is 7.18. The number of hydrogen-bond acceptors (Lipinski definition) is 3. The molecule has 0 radical (unpaired) electrons. The van der Waals surface area contributed by atoms with Gasteiger partial charge in [-0.1, -0.05) is 0 Å². The Morgan fingerprint density at radius 1 is 1.55 bits per heavy atom. The maximum Gasteiger partial charge on any atom is 0.245 e. The molecule has 4 nitrogen and oxygen atoms in total. The topological polar surface area (TPSA) is 58.6 Å². The first kappa shape index (κ1) is 10.4. The lowest BCUT2D eigenvalue weighted by Gasteiger charge is -2.18. The summed E-state index contributed by atoms with van der Waals surface area (Å²) in [5.74, 6) is -0.303. The number of hydroxylamine groups is 1. The molecule has 0 heterocycles. The lowest BCUT2D eigenvalue weighted by molar-refractivity contribution is -0.146. The molecule has 0 saturated carbocycles. The third-order valence-corrected chi connectivity index (χ3v) is 0.810. The predicted octanol–water partition coefficient (Wildman–Crippen LogP) is 0.215. The molecule has 0 atom stereocenters. The van der Waals surface area contributed by atoms with Crippen LogP contribution in [0.1, 0.15) is 27.2 Å². The highest BCUT2D eigenvalue weighted by Gasteiger charge is 2.11. The van der Waals surface area contributed by atoms with Crippen molar-refractivity contribution in [3.8, 4) is 0 Å². The van der Waals surface area contributed by atoms with Gasteiger partial charge >= 0.3 is 0 Å². The highest BCUT2D eigenvalue weighted by Crippen LogP contribution is 2.03. The van der Waals surface area contributed by atoms with E-state index in [9.17, 15) is 4.79 Å². The van der Waals surface area contributed by atoms with Crippen molar-refractivity contribution >= 4 is 5.91 Å². The van der Waals surface area contributed by atoms with E-state index >= 15 is 0 Å². The summed E-state index contributed by atoms with van der Waals surface area (Å²) >= 11 is 0. The van der Waals surface area contributed by atoms with Gasteiger partial charge in [-0.3, -0.25) is 9.63 Å². The molecule has 4 heteroatoms. The molecule has 0 aromatic heterocycles. The molecule has 0 unspecified atom stereocenters. The minimum atomic E-state index is -0.384. The summed E-state index contributed by atoms with van der Waals surface area (Å²) in [6.45, 7) is 5.32. The Labute approximate surface area is 66.5 Å². The average molecular weight is 161 g/mol. The molecule has 66 valence electrons. The summed E-state index contributed by atoms with van der Waals surface area (Å²) in [4.78, 5) is 15.6. The third kappa shape index (κ3) is 7.29. The van der Waals surface area contributed by atoms with Gasteiger partial charge in [0.25, 0.3) is 0 Å². The normalized spacial score (nSPS) is 11.3. The predicted molar refractivity (Wildman–Crippen MR) is 40.7 cm³/mol. The van der Waals surface area contributed by atoms with E-state index in [2.05, 4.69) is 5.48 Å². The number of aliphatic hydroxyl groups is 1. The zero-order chi connectivity index (χ0) is 8.91. The van der Waals surface area contributed by atoms with E-state index in [1.165, 1.54) is 0 Å². The first-order valence-corrected chi connectivity index (χ1v) is 3.53. The third-order valence-electron chi connectivity index (χ3n) is 0.810. The molecule has 0 rings (SSSR count). The Balaban J connectivity index is 3.46. The fourth-order valence-electron chi connectivity index (χ4n) is 0.363. The van der Waals surface area contributed by atoms with E-state index in [0.717, 1.165) is 0 Å². The summed E-state index contributed by atoms with van der Waals surface area (Å²) < 4.78 is 0. The highest BCUT2D eigenvalue weighted by molar-refractivity contribution is 5.74. The molecule has 0 spiro atoms. The first-order valence-electron chi connectivity index (χ1n) is 3.53. The molecule has 0 aliphatic heterocycles. The number of nitrogens with one attached hydrogen (secondary N) is 1. The van der Waals surface area contributed by atoms with E-state index in [4.69, 9.17) is 9.94 Å². The van der Waals surface area contributed by atoms with Gasteiger partial charge in [0.1, 0.15) is 0 Å². The minimum Gasteiger partial charge on any atom is -0.396 e. The number of rotatable bonds is 3. The Morgan fingerprint density at radius 3 is 2.45 bits per heavy atom. The van der Waals surface area contributed by atoms with Crippen molar-refractivity contribution in [3.05, 3.63) is 0 Å². The summed E-state index contributed by atoms with van der Waals surface area (Å²) in [7, 11) is 0. The van der Waals surface area contributed by atoms with Gasteiger partial charge in [-0.05, 0) is 20.8 Å². The van der Waals surface area contributed by atoms with Gasteiger partial charge in [-0.2, -0.15) is 0 Å². The molecule has 0 aromatic rings. The van der Waals surface area contributed by atoms with Gasteiger partial charge < -0.3 is 5.11 Å². The molecule has 0 bridgehead atoms. The SMILES string of the molecule is CC(C)(C)ONC(=O)CCO. The first-order chi connectivity index (χ1) is 4.95. The summed E-state index contributed by atoms with van der Waals surface area (Å²) in [6, 6.07) is 0. The molecular weight excluding hydrogens is 146 g/mol. The molecular formula is C7H15NO3. The second-order valence-electron chi connectivity index (χ2n) is 3.21. The lowest BCUT2D eigenvalue weighted by atomic mass is 10.2. The number of carbonyl (C=O) groups is 1. The molecule has 0 aromatic carbocycles. The van der Waals surface area contributed by atoms with Crippen LogP contribution in [0, 0.1) is 0 Å². The van der Waals surface area contributed by atoms with Crippen molar-refractivity contribution in [3.63, 3.8) is 0 Å². The van der Waals surface area contributed by atoms with Crippen LogP contribution in [0.3, 0.4) is 0 Å². The van der Waals surface area contributed by atoms with Gasteiger partial charge in [-0.15, -0.1) is 0 Å². The zero-order valence-electron chi connectivity index (χ0n) is 7.18. The summed E-state index contributed by atoms with van der Waals surface area (Å²) in [6.07, 6.45) is 0.0794. The van der Waals surface area contributed by atoms with Crippen molar-refractivity contribution in [2.45, 2.75) is 32.8 Å². The lowest BCUT2D eigenvalue weighted by Crippen LogP contribution is -2.33. The second-order valence-corrected chi connectivity index (χ2v) is 3.21. The van der Waals surface area contributed by atoms with Crippen molar-refractivity contribution in [1.29, 1.82) is 0 Å². The van der Waals surface area contributed by atoms with Gasteiger partial charge in [-0.25, -0.2) is 5.48 Å². The quantitative estimate of drug-likeness (QED) is 0.582. The maximum absolute atomic E-state index is 10.7. The van der Waals surface area contributed by atoms with Crippen molar-refractivity contribution < 1.29 is 14.7 Å². The van der Waals surface area contributed by atoms with Crippen LogP contribution in [0.25, 0.3) is 0 Å². The standard InChI is InChI=1S/C7H15NO3/c1-7(2,3)11-8-6(10)4-5-9/h9H,4-5H2,1-3H3,(H,8,10). The van der Waals surface area contributed by atoms with Crippen LogP contribution in [-0.4, -0.2) is 23.2 Å². The Bertz CT molecular complexity index is 128. The van der Waals surface area contributed by atoms with E-state index in [0.29, 0.717) is 0 Å². The Morgan fingerprint density at radius 2 is 2.09 bits per heavy atom. The van der Waals surface area contributed by atoms with Gasteiger partial charge in [0, 0.05) is 0 Å². The molecule has 0 saturated heterocycles. The van der Waals surface area contributed by atoms with Crippen LogP contribution in [0.5, 0.6) is 0 Å². The summed E-state index contributed by atoms with van der Waals surface area (Å²) in [5, 5.41) is 8.35. The maximum atomic E-state index is 10.7. The molecule has 11 heavy (non-hydrogen) atoms. The monoisotopic (exact) mass is 161 g/mol. The number of hydrogen-bond donors (Lipinski definition) is 2. The summed E-state index contributed by atoms with van der Waals surface area (Å²) in [5.41, 5.74) is 1.84. The largest absolute Gasteiger partial charge is 0.396 e. The Kier molecular flexibility index (Phi) is 4.07. The van der Waals surface area contributed by atoms with Crippen molar-refractivity contribution in [2.75, 3.05) is 6.61 Å². The second kappa shape index (κ2) is 4.31. The van der Waals surface area contributed by atoms with Crippen molar-refractivity contribution in [1.82, 2.24) is 5.48 Å². The smallest absolute Gasteiger partial charge is 0.245 e. The van der Waals surface area contributed by atoms with Crippen molar-refractivity contribution in [2.24, 2.45) is 0 Å². The van der Waals surface area contributed by atoms with Crippen LogP contribution in [-0.2, 0) is 9.63 Å². The van der Waals surface area contributed by atoms with E-state index in [1.807, 2.05) is 20.8 Å². The van der Waals surface area contributed by atoms with E-state index in [1.54, 1.807) is 0 Å². The van der Waals surface area contributed by atoms with Crippen LogP contribution < -0.4 is 5.48 Å². The van der Waals surface area contributed by atoms with Crippen LogP contribution in [0.2, 0.25) is 0 Å². The van der Waals surface area contributed by atoms with Gasteiger partial charge in [0.2, 0.25) is 5.91 Å². The van der Waals surface area contributed by atoms with Crippen LogP contribution in [0.4, 0.5) is 0 Å². The average Bonchev–Trinajstić information content (AvgIpc) is 1.83. The number of aliphatic hydroxyl groups excluding tert-OH is 1. The molecule has 0 aliphatic carbocycles. The van der Waals surface area contributed by atoms with Gasteiger partial charge in [0.05, 0.1) is 18.6 Å². The molecule has 2 N–H and O–H groups in total. The fraction of sp³-hybridized carbons (Fsp3) is 0.857. The van der Waals surface area contributed by atoms with Crippen LogP contribution >= 0.6 is 0 Å². The Hall–Kier alpha value is -0.610. The van der Waals surface area contributed by atoms with E-state index < -0.39 is 0 Å². The number of carbonyl (C=O) groups excluding carboxylic acids is 1. The molecule has 1 amide bonds. The molecule has 0 fully saturated rings. The minimum absolute atomic E-state index is 0.0794. The van der Waals surface area contributed by atoms with E-state index in [-0.39, 0.29) is 24.5 Å². The van der Waals surface area contributed by atoms with Gasteiger partial charge in [0.15, 0.2) is 0 Å². The molecule has 0 aliphatic rings. The number of amides is 1.